The van der Waals surface area contributed by atoms with Gasteiger partial charge in [-0.2, -0.15) is 16.8 Å². The van der Waals surface area contributed by atoms with Gasteiger partial charge in [0.25, 0.3) is 20.2 Å². The van der Waals surface area contributed by atoms with Gasteiger partial charge in [-0.25, -0.2) is 0 Å². The molecular formula is C63H114N8O22P2S2. The van der Waals surface area contributed by atoms with Crippen LogP contribution in [0.4, 0.5) is 0 Å². The quantitative estimate of drug-likeness (QED) is 0.0309. The maximum atomic E-state index is 13.0. The van der Waals surface area contributed by atoms with E-state index in [4.69, 9.17) is 45.8 Å². The highest BCUT2D eigenvalue weighted by molar-refractivity contribution is 7.87. The lowest BCUT2D eigenvalue weighted by molar-refractivity contribution is -0.146. The number of carbonyl (C=O) groups is 6. The first kappa shape index (κ1) is 92.1. The number of hydrogen-bond donors (Lipinski definition) is 2. The fraction of sp³-hybridized carbons (Fsp3) is 0.714. The minimum atomic E-state index is -3.96. The number of rotatable bonds is 42. The fourth-order valence-electron chi connectivity index (χ4n) is 9.01. The molecule has 0 aliphatic carbocycles. The monoisotopic (exact) mass is 1460 g/mol. The van der Waals surface area contributed by atoms with Crippen LogP contribution in [0.2, 0.25) is 0 Å². The Bertz CT molecular complexity index is 2740. The van der Waals surface area contributed by atoms with Crippen molar-refractivity contribution in [3.63, 3.8) is 0 Å². The van der Waals surface area contributed by atoms with Gasteiger partial charge in [-0.05, 0) is 93.5 Å². The van der Waals surface area contributed by atoms with E-state index in [2.05, 4.69) is 15.5 Å². The number of aryl methyl sites for hydroxylation is 2. The van der Waals surface area contributed by atoms with Gasteiger partial charge in [0.1, 0.15) is 0 Å². The lowest BCUT2D eigenvalue weighted by Gasteiger charge is -2.34. The van der Waals surface area contributed by atoms with Crippen LogP contribution in [-0.2, 0) is 104 Å². The third kappa shape index (κ3) is 44.8. The molecule has 0 amide bonds. The highest BCUT2D eigenvalue weighted by Crippen LogP contribution is 2.43. The predicted octanol–water partition coefficient (Wildman–Crippen LogP) is 4.21. The molecule has 2 N–H and O–H groups in total. The van der Waals surface area contributed by atoms with Gasteiger partial charge in [-0.1, -0.05) is 42.8 Å². The average molecular weight is 1460 g/mol. The highest BCUT2D eigenvalue weighted by atomic mass is 32.2. The second kappa shape index (κ2) is 52.2. The van der Waals surface area contributed by atoms with E-state index in [-0.39, 0.29) is 138 Å². The van der Waals surface area contributed by atoms with Gasteiger partial charge in [0.15, 0.2) is 0 Å². The summed E-state index contributed by atoms with van der Waals surface area (Å²) in [5.74, 6) is -1.86. The summed E-state index contributed by atoms with van der Waals surface area (Å²) in [6, 6.07) is 12.5. The van der Waals surface area contributed by atoms with Crippen LogP contribution in [-0.4, -0.2) is 305 Å². The van der Waals surface area contributed by atoms with Crippen LogP contribution in [0.5, 0.6) is 0 Å². The maximum absolute atomic E-state index is 13.0. The first-order valence-electron chi connectivity index (χ1n) is 32.5. The van der Waals surface area contributed by atoms with Crippen molar-refractivity contribution in [1.82, 2.24) is 40.0 Å². The second-order valence-corrected chi connectivity index (χ2v) is 30.2. The Hall–Kier alpha value is -4.86. The number of nitrogens with zero attached hydrogens (tertiary/aromatic N) is 6. The van der Waals surface area contributed by atoms with Crippen LogP contribution in [0.3, 0.4) is 0 Å². The summed E-state index contributed by atoms with van der Waals surface area (Å²) in [6.45, 7) is 30.4. The summed E-state index contributed by atoms with van der Waals surface area (Å²) >= 11 is 0. The van der Waals surface area contributed by atoms with E-state index in [0.29, 0.717) is 125 Å². The highest BCUT2D eigenvalue weighted by Gasteiger charge is 2.27. The van der Waals surface area contributed by atoms with Crippen LogP contribution in [0.25, 0.3) is 0 Å². The molecule has 34 heteroatoms. The minimum Gasteiger partial charge on any atom is -0.465 e. The molecule has 1 saturated heterocycles. The summed E-state index contributed by atoms with van der Waals surface area (Å²) in [4.78, 5) is 82.4. The number of benzene rings is 2. The maximum Gasteiger partial charge on any atom is 0.320 e. The van der Waals surface area contributed by atoms with Crippen molar-refractivity contribution in [2.75, 3.05) is 223 Å². The van der Waals surface area contributed by atoms with E-state index in [0.717, 1.165) is 11.1 Å². The topological polar surface area (TPSA) is 341 Å². The number of carbonyl (C=O) groups excluding carboxylic acids is 6. The number of esters is 6. The third-order valence-corrected chi connectivity index (χ3v) is 19.6. The molecule has 2 aromatic rings. The molecule has 560 valence electrons. The Morgan fingerprint density at radius 1 is 0.433 bits per heavy atom. The molecule has 1 aliphatic heterocycles. The average Bonchev–Trinajstić information content (AvgIpc) is 0.977. The molecule has 0 bridgehead atoms. The molecule has 1 heterocycles. The zero-order valence-corrected chi connectivity index (χ0v) is 62.0. The zero-order valence-electron chi connectivity index (χ0n) is 58.6. The number of hydrogen-bond acceptors (Lipinski definition) is 30. The fourth-order valence-corrected chi connectivity index (χ4v) is 14.1. The van der Waals surface area contributed by atoms with Crippen molar-refractivity contribution in [2.24, 2.45) is 0 Å². The molecule has 1 fully saturated rings. The van der Waals surface area contributed by atoms with Gasteiger partial charge in [-0.15, -0.1) is 0 Å². The van der Waals surface area contributed by atoms with Crippen LogP contribution >= 0.6 is 14.7 Å². The first-order valence-corrected chi connectivity index (χ1v) is 39.9. The molecule has 30 nitrogen and oxygen atoms in total. The lowest BCUT2D eigenvalue weighted by Crippen LogP contribution is -2.48. The molecule has 1 aliphatic rings. The lowest BCUT2D eigenvalue weighted by atomic mass is 10.2. The summed E-state index contributed by atoms with van der Waals surface area (Å²) in [5, 5.41) is 5.94. The molecule has 3 rings (SSSR count). The van der Waals surface area contributed by atoms with Crippen LogP contribution in [0, 0.1) is 13.8 Å². The molecule has 2 aromatic carbocycles. The standard InChI is InChI=1S/C24H47N4O8P.C22H32NO8PS2.C16H31N3O6.CH4/c1-6-33-22(29)18-25-10-12-26(19-23(30)34-7-2)14-16-28(21-37(5,32)36-9-4)17-15-27(13-11-25)20-24(31)35-8-3;1-5-29-32(4,24)18-23(14-16-30-33(25,26)21-10-6-19(2)7-11-21)15-17-31-34(27,28)22-12-8-20(3)9-13-22;1-4-23-14(20)11-17-7-9-19(13-16(22)25-6-3)10-8-18-12-15(21)24-5-2;/h6-21H2,1-5H3;6-13H,5,14-18H2,1-4H3;17-18H,4-13H2,1-3H3;1H4. The SMILES string of the molecule is C.CCOC(=O)CN1CCN(CC(=O)OCC)CCN(CP(C)(=O)OCC)CCN(CC(=O)OCC)CC1.CCOC(=O)CNCCN(CCNCC(=O)OCC)CC(=O)OCC.CCOP(C)(=O)CN(CCOS(=O)(=O)c1ccc(C)cc1)CCOS(=O)(=O)c1ccc(C)cc1. The summed E-state index contributed by atoms with van der Waals surface area (Å²) in [6.07, 6.45) is 0.263. The Kier molecular flexibility index (Phi) is 49.6. The van der Waals surface area contributed by atoms with Crippen molar-refractivity contribution in [3.05, 3.63) is 59.7 Å². The van der Waals surface area contributed by atoms with Crippen LogP contribution < -0.4 is 10.6 Å². The van der Waals surface area contributed by atoms with Gasteiger partial charge in [0.05, 0.1) is 128 Å². The molecule has 2 unspecified atom stereocenters. The number of nitrogens with one attached hydrogen (secondary N) is 2. The molecule has 0 spiro atoms. The predicted molar refractivity (Wildman–Crippen MR) is 370 cm³/mol. The van der Waals surface area contributed by atoms with Crippen LogP contribution in [0.1, 0.15) is 73.9 Å². The van der Waals surface area contributed by atoms with E-state index in [1.807, 2.05) is 40.4 Å². The minimum absolute atomic E-state index is 0. The largest absolute Gasteiger partial charge is 0.465 e. The number of ether oxygens (including phenoxy) is 6. The van der Waals surface area contributed by atoms with Gasteiger partial charge >= 0.3 is 35.8 Å². The van der Waals surface area contributed by atoms with E-state index >= 15 is 0 Å². The molecule has 0 aromatic heterocycles. The molecule has 0 saturated carbocycles. The smallest absolute Gasteiger partial charge is 0.320 e. The zero-order chi connectivity index (χ0) is 72.0. The Morgan fingerprint density at radius 3 is 1.07 bits per heavy atom. The Morgan fingerprint density at radius 2 is 0.742 bits per heavy atom. The van der Waals surface area contributed by atoms with Crippen molar-refractivity contribution >= 4 is 70.8 Å². The molecular weight excluding hydrogens is 1350 g/mol. The van der Waals surface area contributed by atoms with Crippen molar-refractivity contribution in [2.45, 2.75) is 86.5 Å². The first-order chi connectivity index (χ1) is 45.5. The molecule has 2 atom stereocenters. The summed E-state index contributed by atoms with van der Waals surface area (Å²) in [5.41, 5.74) is 1.83. The second-order valence-electron chi connectivity index (χ2n) is 21.8. The van der Waals surface area contributed by atoms with E-state index in [1.165, 1.54) is 30.9 Å². The summed E-state index contributed by atoms with van der Waals surface area (Å²) < 4.78 is 126. The van der Waals surface area contributed by atoms with E-state index in [1.54, 1.807) is 84.3 Å². The molecule has 0 radical (unpaired) electrons. The van der Waals surface area contributed by atoms with Crippen molar-refractivity contribution in [1.29, 1.82) is 0 Å². The normalized spacial score (nSPS) is 15.1. The van der Waals surface area contributed by atoms with E-state index < -0.39 is 35.0 Å². The Balaban J connectivity index is 0.00000145. The summed E-state index contributed by atoms with van der Waals surface area (Å²) in [7, 11) is -13.8. The molecule has 97 heavy (non-hydrogen) atoms. The van der Waals surface area contributed by atoms with Gasteiger partial charge in [-0.3, -0.25) is 75.7 Å². The van der Waals surface area contributed by atoms with Crippen LogP contribution in [0.15, 0.2) is 58.3 Å². The van der Waals surface area contributed by atoms with Gasteiger partial charge < -0.3 is 48.1 Å². The van der Waals surface area contributed by atoms with Gasteiger partial charge in [0.2, 0.25) is 14.7 Å². The Labute approximate surface area is 577 Å². The van der Waals surface area contributed by atoms with Crippen molar-refractivity contribution < 1.29 is 101 Å². The van der Waals surface area contributed by atoms with E-state index in [9.17, 15) is 54.7 Å². The third-order valence-electron chi connectivity index (χ3n) is 13.6. The van der Waals surface area contributed by atoms with Crippen molar-refractivity contribution in [3.8, 4) is 0 Å². The van der Waals surface area contributed by atoms with Gasteiger partial charge in [0, 0.05) is 105 Å².